The van der Waals surface area contributed by atoms with Crippen molar-refractivity contribution in [3.05, 3.63) is 24.0 Å². The highest BCUT2D eigenvalue weighted by molar-refractivity contribution is 5.84. The number of carbonyl (C=O) groups is 1. The van der Waals surface area contributed by atoms with Gasteiger partial charge in [-0.2, -0.15) is 0 Å². The summed E-state index contributed by atoms with van der Waals surface area (Å²) in [7, 11) is 1.64. The monoisotopic (exact) mass is 370 g/mol. The Morgan fingerprint density at radius 1 is 1.22 bits per heavy atom. The third-order valence-electron chi connectivity index (χ3n) is 4.41. The molecule has 0 spiro atoms. The first-order valence-electron chi connectivity index (χ1n) is 9.22. The summed E-state index contributed by atoms with van der Waals surface area (Å²) in [5.41, 5.74) is 2.46. The summed E-state index contributed by atoms with van der Waals surface area (Å²) in [5, 5.41) is 14.7. The SMILES string of the molecule is COc1ccc2c(c1)nc(NCCCCNC(=O)C(C)C)c1nnc(C)n12. The van der Waals surface area contributed by atoms with E-state index in [1.165, 1.54) is 0 Å². The van der Waals surface area contributed by atoms with Gasteiger partial charge in [-0.05, 0) is 31.9 Å². The first-order chi connectivity index (χ1) is 13.0. The molecule has 0 fully saturated rings. The normalized spacial score (nSPS) is 11.3. The van der Waals surface area contributed by atoms with Crippen molar-refractivity contribution >= 4 is 28.4 Å². The summed E-state index contributed by atoms with van der Waals surface area (Å²) in [6.07, 6.45) is 1.81. The summed E-state index contributed by atoms with van der Waals surface area (Å²) in [6.45, 7) is 7.12. The minimum absolute atomic E-state index is 0.0198. The molecule has 3 rings (SSSR count). The second-order valence-electron chi connectivity index (χ2n) is 6.80. The summed E-state index contributed by atoms with van der Waals surface area (Å²) >= 11 is 0. The van der Waals surface area contributed by atoms with Crippen LogP contribution in [-0.2, 0) is 4.79 Å². The number of nitrogens with zero attached hydrogens (tertiary/aromatic N) is 4. The molecule has 8 heteroatoms. The van der Waals surface area contributed by atoms with Crippen molar-refractivity contribution in [1.82, 2.24) is 24.9 Å². The van der Waals surface area contributed by atoms with E-state index in [1.807, 2.05) is 43.4 Å². The van der Waals surface area contributed by atoms with Crippen LogP contribution in [-0.4, -0.2) is 45.7 Å². The molecule has 0 aliphatic heterocycles. The molecule has 2 aromatic heterocycles. The molecule has 2 heterocycles. The van der Waals surface area contributed by atoms with Gasteiger partial charge in [-0.25, -0.2) is 4.98 Å². The molecule has 0 aliphatic rings. The molecule has 0 saturated carbocycles. The Hall–Kier alpha value is -2.90. The number of rotatable bonds is 8. The van der Waals surface area contributed by atoms with Crippen LogP contribution in [0.5, 0.6) is 5.75 Å². The van der Waals surface area contributed by atoms with Crippen LogP contribution in [0.15, 0.2) is 18.2 Å². The van der Waals surface area contributed by atoms with Crippen molar-refractivity contribution in [2.75, 3.05) is 25.5 Å². The lowest BCUT2D eigenvalue weighted by atomic mass is 10.2. The number of methoxy groups -OCH3 is 1. The number of hydrogen-bond donors (Lipinski definition) is 2. The topological polar surface area (TPSA) is 93.4 Å². The van der Waals surface area contributed by atoms with Gasteiger partial charge in [0.25, 0.3) is 0 Å². The number of aryl methyl sites for hydroxylation is 1. The fraction of sp³-hybridized carbons (Fsp3) is 0.474. The van der Waals surface area contributed by atoms with Crippen LogP contribution in [0.25, 0.3) is 16.7 Å². The molecule has 1 aromatic carbocycles. The van der Waals surface area contributed by atoms with Gasteiger partial charge in [0.1, 0.15) is 11.6 Å². The molecule has 3 aromatic rings. The van der Waals surface area contributed by atoms with Gasteiger partial charge in [0.15, 0.2) is 5.82 Å². The van der Waals surface area contributed by atoms with Crippen LogP contribution < -0.4 is 15.4 Å². The Morgan fingerprint density at radius 2 is 2.00 bits per heavy atom. The number of anilines is 1. The molecule has 0 bridgehead atoms. The van der Waals surface area contributed by atoms with Gasteiger partial charge >= 0.3 is 0 Å². The third-order valence-corrected chi connectivity index (χ3v) is 4.41. The average Bonchev–Trinajstić information content (AvgIpc) is 3.05. The Morgan fingerprint density at radius 3 is 2.74 bits per heavy atom. The highest BCUT2D eigenvalue weighted by Gasteiger charge is 2.13. The zero-order chi connectivity index (χ0) is 19.4. The van der Waals surface area contributed by atoms with Crippen LogP contribution >= 0.6 is 0 Å². The van der Waals surface area contributed by atoms with E-state index in [2.05, 4.69) is 20.8 Å². The van der Waals surface area contributed by atoms with Gasteiger partial charge in [-0.3, -0.25) is 9.20 Å². The number of nitrogens with one attached hydrogen (secondary N) is 2. The van der Waals surface area contributed by atoms with E-state index >= 15 is 0 Å². The molecule has 1 amide bonds. The van der Waals surface area contributed by atoms with Crippen molar-refractivity contribution < 1.29 is 9.53 Å². The zero-order valence-corrected chi connectivity index (χ0v) is 16.2. The van der Waals surface area contributed by atoms with E-state index in [4.69, 9.17) is 9.72 Å². The largest absolute Gasteiger partial charge is 0.497 e. The lowest BCUT2D eigenvalue weighted by Gasteiger charge is -2.11. The third kappa shape index (κ3) is 4.10. The fourth-order valence-electron chi connectivity index (χ4n) is 2.87. The highest BCUT2D eigenvalue weighted by Crippen LogP contribution is 2.24. The van der Waals surface area contributed by atoms with Gasteiger partial charge < -0.3 is 15.4 Å². The van der Waals surface area contributed by atoms with Gasteiger partial charge in [0.05, 0.1) is 18.1 Å². The number of aromatic nitrogens is 4. The number of amides is 1. The standard InChI is InChI=1S/C19H26N6O2/c1-12(2)19(26)21-10-6-5-9-20-17-18-24-23-13(3)25(18)16-8-7-14(27-4)11-15(16)22-17/h7-8,11-12H,5-6,9-10H2,1-4H3,(H,20,22)(H,21,26). The van der Waals surface area contributed by atoms with Gasteiger partial charge in [0.2, 0.25) is 11.6 Å². The van der Waals surface area contributed by atoms with E-state index in [1.54, 1.807) is 7.11 Å². The zero-order valence-electron chi connectivity index (χ0n) is 16.2. The van der Waals surface area contributed by atoms with Crippen molar-refractivity contribution in [2.45, 2.75) is 33.6 Å². The second-order valence-corrected chi connectivity index (χ2v) is 6.80. The molecule has 0 radical (unpaired) electrons. The van der Waals surface area contributed by atoms with Crippen LogP contribution in [0.4, 0.5) is 5.82 Å². The molecule has 0 aliphatic carbocycles. The highest BCUT2D eigenvalue weighted by atomic mass is 16.5. The maximum Gasteiger partial charge on any atom is 0.222 e. The second kappa shape index (κ2) is 8.20. The molecule has 144 valence electrons. The lowest BCUT2D eigenvalue weighted by molar-refractivity contribution is -0.123. The van der Waals surface area contributed by atoms with Crippen LogP contribution in [0.3, 0.4) is 0 Å². The summed E-state index contributed by atoms with van der Waals surface area (Å²) in [5.74, 6) is 2.37. The van der Waals surface area contributed by atoms with Crippen molar-refractivity contribution in [3.8, 4) is 5.75 Å². The maximum absolute atomic E-state index is 11.6. The molecule has 0 unspecified atom stereocenters. The predicted octanol–water partition coefficient (Wildman–Crippen LogP) is 2.56. The van der Waals surface area contributed by atoms with Crippen molar-refractivity contribution in [2.24, 2.45) is 5.92 Å². The molecule has 0 saturated heterocycles. The Bertz CT molecular complexity index is 950. The lowest BCUT2D eigenvalue weighted by Crippen LogP contribution is -2.28. The van der Waals surface area contributed by atoms with E-state index in [0.717, 1.165) is 42.0 Å². The van der Waals surface area contributed by atoms with Crippen LogP contribution in [0, 0.1) is 12.8 Å². The van der Waals surface area contributed by atoms with E-state index in [-0.39, 0.29) is 11.8 Å². The average molecular weight is 370 g/mol. The number of carbonyl (C=O) groups excluding carboxylic acids is 1. The number of unbranched alkanes of at least 4 members (excludes halogenated alkanes) is 1. The fourth-order valence-corrected chi connectivity index (χ4v) is 2.87. The molecule has 2 N–H and O–H groups in total. The van der Waals surface area contributed by atoms with Gasteiger partial charge in [-0.1, -0.05) is 13.8 Å². The minimum atomic E-state index is 0.0198. The van der Waals surface area contributed by atoms with Crippen LogP contribution in [0.2, 0.25) is 0 Å². The Labute approximate surface area is 158 Å². The molecule has 0 atom stereocenters. The number of benzene rings is 1. The Kier molecular flexibility index (Phi) is 5.73. The molecule has 27 heavy (non-hydrogen) atoms. The molecular weight excluding hydrogens is 344 g/mol. The molecule has 8 nitrogen and oxygen atoms in total. The van der Waals surface area contributed by atoms with E-state index in [0.29, 0.717) is 18.0 Å². The minimum Gasteiger partial charge on any atom is -0.497 e. The van der Waals surface area contributed by atoms with Crippen molar-refractivity contribution in [3.63, 3.8) is 0 Å². The summed E-state index contributed by atoms with van der Waals surface area (Å²) in [4.78, 5) is 16.3. The van der Waals surface area contributed by atoms with E-state index in [9.17, 15) is 4.79 Å². The van der Waals surface area contributed by atoms with Crippen LogP contribution in [0.1, 0.15) is 32.5 Å². The smallest absolute Gasteiger partial charge is 0.222 e. The first kappa shape index (κ1) is 18.9. The number of ether oxygens (including phenoxy) is 1. The first-order valence-corrected chi connectivity index (χ1v) is 9.22. The van der Waals surface area contributed by atoms with Gasteiger partial charge in [0, 0.05) is 25.1 Å². The quantitative estimate of drug-likeness (QED) is 0.592. The number of hydrogen-bond acceptors (Lipinski definition) is 6. The predicted molar refractivity (Wildman–Crippen MR) is 105 cm³/mol. The van der Waals surface area contributed by atoms with Gasteiger partial charge in [-0.15, -0.1) is 10.2 Å². The Balaban J connectivity index is 1.71. The maximum atomic E-state index is 11.6. The summed E-state index contributed by atoms with van der Waals surface area (Å²) in [6, 6.07) is 5.77. The van der Waals surface area contributed by atoms with E-state index < -0.39 is 0 Å². The molecular formula is C19H26N6O2. The van der Waals surface area contributed by atoms with Crippen molar-refractivity contribution in [1.29, 1.82) is 0 Å². The number of fused-ring (bicyclic) bond motifs is 3. The summed E-state index contributed by atoms with van der Waals surface area (Å²) < 4.78 is 7.31.